The van der Waals surface area contributed by atoms with Gasteiger partial charge in [-0.3, -0.25) is 4.98 Å². The number of hydrogen-bond acceptors (Lipinski definition) is 1. The van der Waals surface area contributed by atoms with E-state index in [-0.39, 0.29) is 0 Å². The van der Waals surface area contributed by atoms with E-state index in [4.69, 9.17) is 0 Å². The third-order valence-corrected chi connectivity index (χ3v) is 3.82. The Labute approximate surface area is 109 Å². The van der Waals surface area contributed by atoms with Crippen molar-refractivity contribution in [3.8, 4) is 11.1 Å². The number of benzene rings is 1. The lowest BCUT2D eigenvalue weighted by atomic mass is 9.91. The Kier molecular flexibility index (Phi) is 3.40. The molecule has 0 bridgehead atoms. The predicted molar refractivity (Wildman–Crippen MR) is 75.5 cm³/mol. The second-order valence-corrected chi connectivity index (χ2v) is 5.06. The van der Waals surface area contributed by atoms with E-state index < -0.39 is 0 Å². The van der Waals surface area contributed by atoms with E-state index in [1.54, 1.807) is 0 Å². The average Bonchev–Trinajstić information content (AvgIpc) is 2.40. The fourth-order valence-corrected chi connectivity index (χ4v) is 2.87. The molecule has 0 radical (unpaired) electrons. The van der Waals surface area contributed by atoms with Crippen LogP contribution in [-0.4, -0.2) is 4.98 Å². The quantitative estimate of drug-likeness (QED) is 0.716. The average molecular weight is 237 g/mol. The van der Waals surface area contributed by atoms with Gasteiger partial charge in [-0.2, -0.15) is 0 Å². The largest absolute Gasteiger partial charge is 0.261 e. The first-order valence-corrected chi connectivity index (χ1v) is 6.97. The maximum atomic E-state index is 4.61. The van der Waals surface area contributed by atoms with Crippen LogP contribution in [0.25, 0.3) is 11.1 Å². The molecule has 3 rings (SSSR count). The smallest absolute Gasteiger partial charge is 0.0441 e. The first-order chi connectivity index (χ1) is 8.95. The molecule has 18 heavy (non-hydrogen) atoms. The van der Waals surface area contributed by atoms with E-state index in [0.717, 1.165) is 6.42 Å². The summed E-state index contributed by atoms with van der Waals surface area (Å²) in [7, 11) is 0. The zero-order chi connectivity index (χ0) is 12.2. The SMILES string of the molecule is c1ccc(-c2ccnc3c2CCCCCC3)cc1. The highest BCUT2D eigenvalue weighted by Gasteiger charge is 2.12. The molecule has 0 unspecified atom stereocenters. The van der Waals surface area contributed by atoms with Gasteiger partial charge in [-0.05, 0) is 48.4 Å². The van der Waals surface area contributed by atoms with E-state index in [1.165, 1.54) is 54.5 Å². The molecule has 1 heteroatoms. The number of aromatic nitrogens is 1. The van der Waals surface area contributed by atoms with Gasteiger partial charge in [0.1, 0.15) is 0 Å². The van der Waals surface area contributed by atoms with E-state index in [9.17, 15) is 0 Å². The molecule has 1 heterocycles. The zero-order valence-electron chi connectivity index (χ0n) is 10.7. The second kappa shape index (κ2) is 5.34. The van der Waals surface area contributed by atoms with Crippen LogP contribution in [0.4, 0.5) is 0 Å². The molecule has 0 saturated carbocycles. The third kappa shape index (κ3) is 2.31. The van der Waals surface area contributed by atoms with Crippen molar-refractivity contribution in [1.29, 1.82) is 0 Å². The van der Waals surface area contributed by atoms with Gasteiger partial charge in [-0.15, -0.1) is 0 Å². The maximum absolute atomic E-state index is 4.61. The predicted octanol–water partition coefficient (Wildman–Crippen LogP) is 4.41. The third-order valence-electron chi connectivity index (χ3n) is 3.82. The molecule has 1 aromatic heterocycles. The van der Waals surface area contributed by atoms with Gasteiger partial charge in [-0.1, -0.05) is 43.2 Å². The van der Waals surface area contributed by atoms with Gasteiger partial charge in [0.2, 0.25) is 0 Å². The van der Waals surface area contributed by atoms with Crippen molar-refractivity contribution >= 4 is 0 Å². The molecule has 0 fully saturated rings. The molecule has 0 atom stereocenters. The molecule has 92 valence electrons. The van der Waals surface area contributed by atoms with Crippen molar-refractivity contribution < 1.29 is 0 Å². The Morgan fingerprint density at radius 3 is 2.39 bits per heavy atom. The number of fused-ring (bicyclic) bond motifs is 1. The summed E-state index contributed by atoms with van der Waals surface area (Å²) < 4.78 is 0. The molecule has 0 spiro atoms. The number of hydrogen-bond donors (Lipinski definition) is 0. The Hall–Kier alpha value is -1.63. The maximum Gasteiger partial charge on any atom is 0.0441 e. The van der Waals surface area contributed by atoms with Crippen LogP contribution in [-0.2, 0) is 12.8 Å². The van der Waals surface area contributed by atoms with Crippen LogP contribution in [0.1, 0.15) is 36.9 Å². The number of aryl methyl sites for hydroxylation is 1. The highest BCUT2D eigenvalue weighted by Crippen LogP contribution is 2.29. The van der Waals surface area contributed by atoms with Crippen molar-refractivity contribution in [3.05, 3.63) is 53.9 Å². The van der Waals surface area contributed by atoms with Crippen molar-refractivity contribution in [2.24, 2.45) is 0 Å². The van der Waals surface area contributed by atoms with Crippen LogP contribution < -0.4 is 0 Å². The Bertz CT molecular complexity index is 516. The van der Waals surface area contributed by atoms with Crippen LogP contribution in [0.3, 0.4) is 0 Å². The van der Waals surface area contributed by atoms with Crippen molar-refractivity contribution in [1.82, 2.24) is 4.98 Å². The Morgan fingerprint density at radius 2 is 1.56 bits per heavy atom. The number of nitrogens with zero attached hydrogens (tertiary/aromatic N) is 1. The number of rotatable bonds is 1. The summed E-state index contributed by atoms with van der Waals surface area (Å²) in [5, 5.41) is 0. The van der Waals surface area contributed by atoms with Crippen molar-refractivity contribution in [2.75, 3.05) is 0 Å². The van der Waals surface area contributed by atoms with Crippen LogP contribution >= 0.6 is 0 Å². The summed E-state index contributed by atoms with van der Waals surface area (Å²) in [6.45, 7) is 0. The van der Waals surface area contributed by atoms with Crippen molar-refractivity contribution in [3.63, 3.8) is 0 Å². The van der Waals surface area contributed by atoms with Gasteiger partial charge < -0.3 is 0 Å². The molecule has 0 N–H and O–H groups in total. The van der Waals surface area contributed by atoms with E-state index in [2.05, 4.69) is 41.4 Å². The van der Waals surface area contributed by atoms with Crippen LogP contribution in [0, 0.1) is 0 Å². The lowest BCUT2D eigenvalue weighted by Gasteiger charge is -2.16. The molecular formula is C17H19N. The van der Waals surface area contributed by atoms with Gasteiger partial charge in [0.05, 0.1) is 0 Å². The molecule has 0 saturated heterocycles. The lowest BCUT2D eigenvalue weighted by Crippen LogP contribution is -2.04. The van der Waals surface area contributed by atoms with Gasteiger partial charge in [0.25, 0.3) is 0 Å². The molecule has 1 aliphatic carbocycles. The highest BCUT2D eigenvalue weighted by molar-refractivity contribution is 5.67. The Morgan fingerprint density at radius 1 is 0.778 bits per heavy atom. The van der Waals surface area contributed by atoms with Crippen LogP contribution in [0.15, 0.2) is 42.6 Å². The molecular weight excluding hydrogens is 218 g/mol. The molecule has 2 aromatic rings. The minimum absolute atomic E-state index is 1.15. The summed E-state index contributed by atoms with van der Waals surface area (Å²) >= 11 is 0. The van der Waals surface area contributed by atoms with Gasteiger partial charge in [0, 0.05) is 11.9 Å². The van der Waals surface area contributed by atoms with Crippen LogP contribution in [0.2, 0.25) is 0 Å². The molecule has 1 nitrogen and oxygen atoms in total. The minimum Gasteiger partial charge on any atom is -0.261 e. The fourth-order valence-electron chi connectivity index (χ4n) is 2.87. The summed E-state index contributed by atoms with van der Waals surface area (Å²) in [6.07, 6.45) is 9.63. The van der Waals surface area contributed by atoms with E-state index in [0.29, 0.717) is 0 Å². The van der Waals surface area contributed by atoms with Gasteiger partial charge in [-0.25, -0.2) is 0 Å². The molecule has 1 aromatic carbocycles. The lowest BCUT2D eigenvalue weighted by molar-refractivity contribution is 0.609. The van der Waals surface area contributed by atoms with E-state index in [1.807, 2.05) is 6.20 Å². The summed E-state index contributed by atoms with van der Waals surface area (Å²) in [4.78, 5) is 4.61. The summed E-state index contributed by atoms with van der Waals surface area (Å²) in [6, 6.07) is 12.9. The zero-order valence-corrected chi connectivity index (χ0v) is 10.7. The monoisotopic (exact) mass is 237 g/mol. The van der Waals surface area contributed by atoms with Gasteiger partial charge in [0.15, 0.2) is 0 Å². The second-order valence-electron chi connectivity index (χ2n) is 5.06. The number of pyridine rings is 1. The molecule has 0 aliphatic heterocycles. The minimum atomic E-state index is 1.15. The van der Waals surface area contributed by atoms with E-state index >= 15 is 0 Å². The first-order valence-electron chi connectivity index (χ1n) is 6.97. The molecule has 0 amide bonds. The molecule has 1 aliphatic rings. The van der Waals surface area contributed by atoms with Gasteiger partial charge >= 0.3 is 0 Å². The fraction of sp³-hybridized carbons (Fsp3) is 0.353. The first kappa shape index (κ1) is 11.5. The normalized spacial score (nSPS) is 15.6. The van der Waals surface area contributed by atoms with Crippen LogP contribution in [0.5, 0.6) is 0 Å². The topological polar surface area (TPSA) is 12.9 Å². The highest BCUT2D eigenvalue weighted by atomic mass is 14.7. The standard InChI is InChI=1S/C17H19N/c1-2-7-11-17-16(10-6-1)15(12-13-18-17)14-8-4-3-5-9-14/h3-5,8-9,12-13H,1-2,6-7,10-11H2. The summed E-state index contributed by atoms with van der Waals surface area (Å²) in [5.41, 5.74) is 5.54. The summed E-state index contributed by atoms with van der Waals surface area (Å²) in [5.74, 6) is 0. The van der Waals surface area contributed by atoms with Crippen molar-refractivity contribution in [2.45, 2.75) is 38.5 Å². The Balaban J connectivity index is 2.07.